The van der Waals surface area contributed by atoms with E-state index in [2.05, 4.69) is 21.6 Å². The molecule has 0 radical (unpaired) electrons. The predicted molar refractivity (Wildman–Crippen MR) is 139 cm³/mol. The number of hydrogen-bond acceptors (Lipinski definition) is 6. The van der Waals surface area contributed by atoms with E-state index in [9.17, 15) is 10.0 Å². The van der Waals surface area contributed by atoms with Crippen LogP contribution in [0.5, 0.6) is 5.75 Å². The maximum absolute atomic E-state index is 15.8. The first-order valence-corrected chi connectivity index (χ1v) is 13.9. The van der Waals surface area contributed by atoms with Gasteiger partial charge in [0.15, 0.2) is 0 Å². The molecule has 0 bridgehead atoms. The molecule has 2 aliphatic rings. The number of methoxy groups -OCH3 is 1. The van der Waals surface area contributed by atoms with Crippen molar-refractivity contribution in [1.29, 1.82) is 0 Å². The molecule has 0 spiro atoms. The molecule has 2 heterocycles. The van der Waals surface area contributed by atoms with Crippen molar-refractivity contribution < 1.29 is 19.1 Å². The SMILES string of the molecule is COc1ccc2ncc(C)c(C(F)CCC3(C(=O)NO)CCN(CCSC4CCCC4)CC3)c2c1. The first-order valence-electron chi connectivity index (χ1n) is 12.8. The van der Waals surface area contributed by atoms with Crippen molar-refractivity contribution >= 4 is 28.6 Å². The zero-order valence-electron chi connectivity index (χ0n) is 20.9. The van der Waals surface area contributed by atoms with Crippen molar-refractivity contribution in [2.75, 3.05) is 32.5 Å². The number of carbonyl (C=O) groups excluding carboxylic acids is 1. The zero-order valence-corrected chi connectivity index (χ0v) is 21.7. The molecule has 1 saturated carbocycles. The van der Waals surface area contributed by atoms with Gasteiger partial charge in [0, 0.05) is 29.1 Å². The molecule has 1 unspecified atom stereocenters. The Labute approximate surface area is 212 Å². The summed E-state index contributed by atoms with van der Waals surface area (Å²) in [5.74, 6) is 1.39. The lowest BCUT2D eigenvalue weighted by Gasteiger charge is -2.40. The third-order valence-electron chi connectivity index (χ3n) is 7.97. The molecule has 1 aliphatic heterocycles. The summed E-state index contributed by atoms with van der Waals surface area (Å²) in [4.78, 5) is 19.6. The molecular weight excluding hydrogens is 465 g/mol. The van der Waals surface area contributed by atoms with Crippen molar-refractivity contribution in [3.05, 3.63) is 35.5 Å². The van der Waals surface area contributed by atoms with Gasteiger partial charge in [-0.2, -0.15) is 11.8 Å². The molecule has 2 N–H and O–H groups in total. The number of amides is 1. The van der Waals surface area contributed by atoms with E-state index in [0.717, 1.165) is 47.1 Å². The summed E-state index contributed by atoms with van der Waals surface area (Å²) >= 11 is 2.08. The summed E-state index contributed by atoms with van der Waals surface area (Å²) in [5.41, 5.74) is 3.25. The topological polar surface area (TPSA) is 74.7 Å². The summed E-state index contributed by atoms with van der Waals surface area (Å²) < 4.78 is 21.1. The minimum atomic E-state index is -1.24. The summed E-state index contributed by atoms with van der Waals surface area (Å²) in [6.07, 6.45) is 7.72. The normalized spacial score (nSPS) is 19.7. The number of hydrogen-bond donors (Lipinski definition) is 2. The van der Waals surface area contributed by atoms with Crippen LogP contribution in [0.2, 0.25) is 0 Å². The number of nitrogens with one attached hydrogen (secondary N) is 1. The molecule has 2 aromatic rings. The number of aryl methyl sites for hydroxylation is 1. The highest BCUT2D eigenvalue weighted by Gasteiger charge is 2.41. The molecular formula is C27H38FN3O3S. The van der Waals surface area contributed by atoms with Crippen LogP contribution in [0.4, 0.5) is 4.39 Å². The fourth-order valence-electron chi connectivity index (χ4n) is 5.70. The van der Waals surface area contributed by atoms with E-state index < -0.39 is 11.6 Å². The highest BCUT2D eigenvalue weighted by atomic mass is 32.2. The van der Waals surface area contributed by atoms with Gasteiger partial charge < -0.3 is 9.64 Å². The number of nitrogens with zero attached hydrogens (tertiary/aromatic N) is 2. The van der Waals surface area contributed by atoms with Gasteiger partial charge in [0.1, 0.15) is 11.9 Å². The third-order valence-corrected chi connectivity index (χ3v) is 9.33. The number of fused-ring (bicyclic) bond motifs is 1. The smallest absolute Gasteiger partial charge is 0.249 e. The second kappa shape index (κ2) is 11.9. The molecule has 2 fully saturated rings. The van der Waals surface area contributed by atoms with Gasteiger partial charge in [-0.05, 0) is 87.9 Å². The van der Waals surface area contributed by atoms with E-state index in [-0.39, 0.29) is 12.3 Å². The number of aromatic nitrogens is 1. The fraction of sp³-hybridized carbons (Fsp3) is 0.630. The average Bonchev–Trinajstić information content (AvgIpc) is 3.40. The fourth-order valence-corrected chi connectivity index (χ4v) is 7.06. The van der Waals surface area contributed by atoms with Crippen LogP contribution >= 0.6 is 11.8 Å². The number of thioether (sulfide) groups is 1. The van der Waals surface area contributed by atoms with Crippen molar-refractivity contribution in [2.45, 2.75) is 69.7 Å². The van der Waals surface area contributed by atoms with Crippen LogP contribution in [0.25, 0.3) is 10.9 Å². The quantitative estimate of drug-likeness (QED) is 0.324. The number of piperidine rings is 1. The van der Waals surface area contributed by atoms with Crippen LogP contribution in [0.15, 0.2) is 24.4 Å². The van der Waals surface area contributed by atoms with Crippen LogP contribution in [0.3, 0.4) is 0 Å². The van der Waals surface area contributed by atoms with Crippen LogP contribution in [0, 0.1) is 12.3 Å². The summed E-state index contributed by atoms with van der Waals surface area (Å²) in [6, 6.07) is 5.49. The zero-order chi connectivity index (χ0) is 24.8. The van der Waals surface area contributed by atoms with E-state index in [1.807, 2.05) is 30.6 Å². The van der Waals surface area contributed by atoms with Crippen molar-refractivity contribution in [3.8, 4) is 5.75 Å². The lowest BCUT2D eigenvalue weighted by molar-refractivity contribution is -0.143. The van der Waals surface area contributed by atoms with Crippen molar-refractivity contribution in [3.63, 3.8) is 0 Å². The first-order chi connectivity index (χ1) is 17.0. The minimum absolute atomic E-state index is 0.210. The summed E-state index contributed by atoms with van der Waals surface area (Å²) in [6.45, 7) is 4.48. The lowest BCUT2D eigenvalue weighted by Crippen LogP contribution is -2.48. The van der Waals surface area contributed by atoms with Gasteiger partial charge in [-0.1, -0.05) is 12.8 Å². The van der Waals surface area contributed by atoms with Gasteiger partial charge >= 0.3 is 0 Å². The number of carbonyl (C=O) groups is 1. The van der Waals surface area contributed by atoms with Crippen LogP contribution in [-0.4, -0.2) is 58.7 Å². The van der Waals surface area contributed by atoms with Gasteiger partial charge in [-0.15, -0.1) is 0 Å². The number of ether oxygens (including phenoxy) is 1. The number of benzene rings is 1. The third kappa shape index (κ3) is 6.09. The number of rotatable bonds is 10. The second-order valence-electron chi connectivity index (χ2n) is 10.1. The Balaban J connectivity index is 1.40. The molecule has 1 aliphatic carbocycles. The second-order valence-corrected chi connectivity index (χ2v) is 11.5. The van der Waals surface area contributed by atoms with Gasteiger partial charge in [0.2, 0.25) is 5.91 Å². The highest BCUT2D eigenvalue weighted by molar-refractivity contribution is 7.99. The summed E-state index contributed by atoms with van der Waals surface area (Å²) in [7, 11) is 1.59. The summed E-state index contributed by atoms with van der Waals surface area (Å²) in [5, 5.41) is 11.0. The van der Waals surface area contributed by atoms with E-state index in [1.54, 1.807) is 13.3 Å². The van der Waals surface area contributed by atoms with Gasteiger partial charge in [0.25, 0.3) is 0 Å². The molecule has 1 saturated heterocycles. The molecule has 8 heteroatoms. The Morgan fingerprint density at radius 2 is 2.09 bits per heavy atom. The van der Waals surface area contributed by atoms with E-state index in [0.29, 0.717) is 30.6 Å². The van der Waals surface area contributed by atoms with Gasteiger partial charge in [-0.3, -0.25) is 15.0 Å². The Bertz CT molecular complexity index is 1010. The predicted octanol–water partition coefficient (Wildman–Crippen LogP) is 5.61. The molecule has 4 rings (SSSR count). The molecule has 1 amide bonds. The Morgan fingerprint density at radius 1 is 1.34 bits per heavy atom. The van der Waals surface area contributed by atoms with Crippen LogP contribution < -0.4 is 10.2 Å². The lowest BCUT2D eigenvalue weighted by atomic mass is 9.73. The standard InChI is InChI=1S/C27H38FN3O3S/c1-19-18-29-24-8-7-20(34-2)17-22(24)25(19)23(28)9-10-27(26(32)30-33)11-13-31(14-12-27)15-16-35-21-5-3-4-6-21/h7-8,17-18,21,23,33H,3-6,9-16H2,1-2H3,(H,30,32). The number of likely N-dealkylation sites (tertiary alicyclic amines) is 1. The Morgan fingerprint density at radius 3 is 2.77 bits per heavy atom. The van der Waals surface area contributed by atoms with Gasteiger partial charge in [-0.25, -0.2) is 9.87 Å². The molecule has 1 aromatic heterocycles. The molecule has 1 atom stereocenters. The molecule has 192 valence electrons. The van der Waals surface area contributed by atoms with E-state index >= 15 is 4.39 Å². The van der Waals surface area contributed by atoms with Crippen molar-refractivity contribution in [1.82, 2.24) is 15.4 Å². The minimum Gasteiger partial charge on any atom is -0.497 e. The van der Waals surface area contributed by atoms with Crippen LogP contribution in [0.1, 0.15) is 68.7 Å². The van der Waals surface area contributed by atoms with E-state index in [1.165, 1.54) is 25.7 Å². The average molecular weight is 504 g/mol. The highest BCUT2D eigenvalue weighted by Crippen LogP contribution is 2.41. The van der Waals surface area contributed by atoms with Gasteiger partial charge in [0.05, 0.1) is 18.0 Å². The molecule has 6 nitrogen and oxygen atoms in total. The van der Waals surface area contributed by atoms with E-state index in [4.69, 9.17) is 4.74 Å². The maximum Gasteiger partial charge on any atom is 0.249 e. The number of alkyl halides is 1. The Hall–Kier alpha value is -1.90. The molecule has 35 heavy (non-hydrogen) atoms. The maximum atomic E-state index is 15.8. The molecule has 1 aromatic carbocycles. The Kier molecular flexibility index (Phi) is 8.89. The number of hydroxylamine groups is 1. The monoisotopic (exact) mass is 503 g/mol. The number of halogens is 1. The number of pyridine rings is 1. The largest absolute Gasteiger partial charge is 0.497 e. The van der Waals surface area contributed by atoms with Crippen LogP contribution in [-0.2, 0) is 4.79 Å². The first kappa shape index (κ1) is 26.2. The van der Waals surface area contributed by atoms with Crippen molar-refractivity contribution in [2.24, 2.45) is 5.41 Å².